The summed E-state index contributed by atoms with van der Waals surface area (Å²) in [4.78, 5) is 41.3. The number of rotatable bonds is 11. The zero-order valence-electron chi connectivity index (χ0n) is 24.8. The van der Waals surface area contributed by atoms with Crippen LogP contribution in [0, 0.1) is 10.1 Å². The molecule has 2 amide bonds. The molecule has 2 fully saturated rings. The van der Waals surface area contributed by atoms with Crippen LogP contribution >= 0.6 is 23.2 Å². The van der Waals surface area contributed by atoms with Crippen LogP contribution < -0.4 is 14.8 Å². The Balaban J connectivity index is 1.23. The van der Waals surface area contributed by atoms with Crippen molar-refractivity contribution in [2.24, 2.45) is 0 Å². The molecule has 1 N–H and O–H groups in total. The molecule has 238 valence electrons. The molecule has 12 heteroatoms. The summed E-state index contributed by atoms with van der Waals surface area (Å²) >= 11 is 12.5. The number of benzene rings is 3. The van der Waals surface area contributed by atoms with Gasteiger partial charge in [0.15, 0.2) is 0 Å². The number of likely N-dealkylation sites (tertiary alicyclic amines) is 2. The lowest BCUT2D eigenvalue weighted by atomic mass is 9.88. The number of nitrogens with zero attached hydrogens (tertiary/aromatic N) is 3. The van der Waals surface area contributed by atoms with Gasteiger partial charge in [-0.05, 0) is 86.1 Å². The predicted octanol–water partition coefficient (Wildman–Crippen LogP) is 6.48. The molecule has 0 aromatic heterocycles. The van der Waals surface area contributed by atoms with Gasteiger partial charge in [0.25, 0.3) is 5.69 Å². The predicted molar refractivity (Wildman–Crippen MR) is 172 cm³/mol. The highest BCUT2D eigenvalue weighted by Crippen LogP contribution is 2.34. The molecule has 0 radical (unpaired) electrons. The van der Waals surface area contributed by atoms with Crippen LogP contribution in [0.25, 0.3) is 0 Å². The van der Waals surface area contributed by atoms with E-state index in [4.69, 9.17) is 32.7 Å². The fraction of sp³-hybridized carbons (Fsp3) is 0.394. The van der Waals surface area contributed by atoms with Gasteiger partial charge in [0, 0.05) is 48.2 Å². The minimum Gasteiger partial charge on any atom is -0.492 e. The first-order valence-corrected chi connectivity index (χ1v) is 15.9. The Morgan fingerprint density at radius 3 is 2.38 bits per heavy atom. The quantitative estimate of drug-likeness (QED) is 0.186. The van der Waals surface area contributed by atoms with Crippen LogP contribution in [0.3, 0.4) is 0 Å². The van der Waals surface area contributed by atoms with E-state index in [0.29, 0.717) is 35.3 Å². The zero-order valence-corrected chi connectivity index (χ0v) is 26.3. The average Bonchev–Trinajstić information content (AvgIpc) is 3.56. The van der Waals surface area contributed by atoms with Gasteiger partial charge in [0.05, 0.1) is 4.92 Å². The van der Waals surface area contributed by atoms with Crippen molar-refractivity contribution in [1.29, 1.82) is 0 Å². The highest BCUT2D eigenvalue weighted by atomic mass is 35.5. The largest absolute Gasteiger partial charge is 0.492 e. The number of carbonyl (C=O) groups is 2. The Morgan fingerprint density at radius 2 is 1.69 bits per heavy atom. The van der Waals surface area contributed by atoms with Crippen molar-refractivity contribution in [2.75, 3.05) is 39.3 Å². The number of piperidine rings is 1. The first-order chi connectivity index (χ1) is 21.8. The topological polar surface area (TPSA) is 114 Å². The summed E-state index contributed by atoms with van der Waals surface area (Å²) in [6, 6.07) is 17.3. The number of nitrogens with one attached hydrogen (secondary N) is 1. The van der Waals surface area contributed by atoms with Crippen molar-refractivity contribution < 1.29 is 24.0 Å². The minimum atomic E-state index is -0.966. The first kappa shape index (κ1) is 32.5. The van der Waals surface area contributed by atoms with E-state index in [0.717, 1.165) is 43.8 Å². The number of hydrogen-bond acceptors (Lipinski definition) is 7. The van der Waals surface area contributed by atoms with Gasteiger partial charge in [-0.3, -0.25) is 19.8 Å². The summed E-state index contributed by atoms with van der Waals surface area (Å²) in [5.41, 5.74) is 1.66. The van der Waals surface area contributed by atoms with E-state index >= 15 is 0 Å². The van der Waals surface area contributed by atoms with Crippen molar-refractivity contribution in [3.8, 4) is 11.5 Å². The summed E-state index contributed by atoms with van der Waals surface area (Å²) in [7, 11) is 0. The number of hydrogen-bond donors (Lipinski definition) is 1. The number of para-hydroxylation sites is 1. The SMILES string of the molecule is O=C(N[C@H](Cc1ccc(Cl)cc1Cl)C(=O)N1CCC(c2ccccc2OCCN2CCCC2)CC1)Oc1ccc([N+](=O)[O-])cc1. The minimum absolute atomic E-state index is 0.107. The molecule has 0 spiro atoms. The monoisotopic (exact) mass is 654 g/mol. The van der Waals surface area contributed by atoms with E-state index in [2.05, 4.69) is 16.3 Å². The first-order valence-electron chi connectivity index (χ1n) is 15.2. The third-order valence-electron chi connectivity index (χ3n) is 8.32. The van der Waals surface area contributed by atoms with E-state index in [-0.39, 0.29) is 29.7 Å². The van der Waals surface area contributed by atoms with Crippen molar-refractivity contribution in [3.05, 3.63) is 98.0 Å². The summed E-state index contributed by atoms with van der Waals surface area (Å²) in [5, 5.41) is 14.5. The molecular weight excluding hydrogens is 619 g/mol. The molecule has 0 unspecified atom stereocenters. The van der Waals surface area contributed by atoms with Gasteiger partial charge in [-0.25, -0.2) is 4.79 Å². The van der Waals surface area contributed by atoms with Crippen LogP contribution in [0.5, 0.6) is 11.5 Å². The van der Waals surface area contributed by atoms with E-state index in [1.807, 2.05) is 18.2 Å². The van der Waals surface area contributed by atoms with Gasteiger partial charge >= 0.3 is 6.09 Å². The third-order valence-corrected chi connectivity index (χ3v) is 8.90. The number of non-ortho nitro benzene ring substituents is 1. The summed E-state index contributed by atoms with van der Waals surface area (Å²) in [6.07, 6.45) is 3.26. The summed E-state index contributed by atoms with van der Waals surface area (Å²) < 4.78 is 11.6. The highest BCUT2D eigenvalue weighted by molar-refractivity contribution is 6.35. The van der Waals surface area contributed by atoms with Crippen LogP contribution in [-0.4, -0.2) is 72.1 Å². The Bertz CT molecular complexity index is 1490. The summed E-state index contributed by atoms with van der Waals surface area (Å²) in [5.74, 6) is 0.986. The Morgan fingerprint density at radius 1 is 0.978 bits per heavy atom. The second-order valence-corrected chi connectivity index (χ2v) is 12.2. The van der Waals surface area contributed by atoms with Crippen LogP contribution in [0.15, 0.2) is 66.7 Å². The number of nitro groups is 1. The molecular formula is C33H36Cl2N4O6. The molecule has 5 rings (SSSR count). The molecule has 2 aliphatic rings. The van der Waals surface area contributed by atoms with Gasteiger partial charge in [0.1, 0.15) is 24.1 Å². The van der Waals surface area contributed by atoms with Gasteiger partial charge < -0.3 is 19.7 Å². The van der Waals surface area contributed by atoms with Crippen molar-refractivity contribution in [1.82, 2.24) is 15.1 Å². The van der Waals surface area contributed by atoms with Crippen LogP contribution in [0.4, 0.5) is 10.5 Å². The van der Waals surface area contributed by atoms with Crippen LogP contribution in [0.1, 0.15) is 42.7 Å². The van der Waals surface area contributed by atoms with E-state index in [1.165, 1.54) is 37.1 Å². The van der Waals surface area contributed by atoms with Crippen molar-refractivity contribution in [2.45, 2.75) is 44.1 Å². The number of ether oxygens (including phenoxy) is 2. The normalized spacial score (nSPS) is 16.3. The second-order valence-electron chi connectivity index (χ2n) is 11.3. The fourth-order valence-corrected chi connectivity index (χ4v) is 6.38. The maximum absolute atomic E-state index is 13.8. The van der Waals surface area contributed by atoms with Crippen LogP contribution in [0.2, 0.25) is 10.0 Å². The van der Waals surface area contributed by atoms with Gasteiger partial charge in [-0.2, -0.15) is 0 Å². The van der Waals surface area contributed by atoms with Crippen molar-refractivity contribution in [3.63, 3.8) is 0 Å². The molecule has 3 aromatic rings. The molecule has 0 saturated carbocycles. The van der Waals surface area contributed by atoms with E-state index in [1.54, 1.807) is 23.1 Å². The number of amides is 2. The molecule has 1 atom stereocenters. The lowest BCUT2D eigenvalue weighted by molar-refractivity contribution is -0.384. The molecule has 2 heterocycles. The second kappa shape index (κ2) is 15.4. The standard InChI is InChI=1S/C33H36Cl2N4O6/c34-25-8-7-24(29(35)22-25)21-30(36-33(41)45-27-11-9-26(10-12-27)39(42)43)32(40)38-17-13-23(14-18-38)28-5-1-2-6-31(28)44-20-19-37-15-3-4-16-37/h1-2,5-12,22-23,30H,3-4,13-21H2,(H,36,41)/t30-/m1/s1. The maximum atomic E-state index is 13.8. The number of nitro benzene ring substituents is 1. The fourth-order valence-electron chi connectivity index (χ4n) is 5.89. The smallest absolute Gasteiger partial charge is 0.413 e. The molecule has 2 aliphatic heterocycles. The van der Waals surface area contributed by atoms with Crippen LogP contribution in [-0.2, 0) is 11.2 Å². The maximum Gasteiger partial charge on any atom is 0.413 e. The molecule has 45 heavy (non-hydrogen) atoms. The lowest BCUT2D eigenvalue weighted by Gasteiger charge is -2.35. The molecule has 2 saturated heterocycles. The number of halogens is 2. The lowest BCUT2D eigenvalue weighted by Crippen LogP contribution is -2.52. The van der Waals surface area contributed by atoms with Gasteiger partial charge in [-0.1, -0.05) is 47.5 Å². The zero-order chi connectivity index (χ0) is 31.8. The molecule has 0 bridgehead atoms. The number of carbonyl (C=O) groups excluding carboxylic acids is 2. The Hall–Kier alpha value is -3.86. The third kappa shape index (κ3) is 8.87. The van der Waals surface area contributed by atoms with E-state index < -0.39 is 17.1 Å². The molecule has 10 nitrogen and oxygen atoms in total. The highest BCUT2D eigenvalue weighted by Gasteiger charge is 2.32. The average molecular weight is 656 g/mol. The van der Waals surface area contributed by atoms with Crippen molar-refractivity contribution >= 4 is 40.9 Å². The Kier molecular flexibility index (Phi) is 11.2. The van der Waals surface area contributed by atoms with Gasteiger partial charge in [-0.15, -0.1) is 0 Å². The Labute approximate surface area is 272 Å². The molecule has 0 aliphatic carbocycles. The molecule has 3 aromatic carbocycles. The van der Waals surface area contributed by atoms with E-state index in [9.17, 15) is 19.7 Å². The summed E-state index contributed by atoms with van der Waals surface area (Å²) in [6.45, 7) is 4.84. The van der Waals surface area contributed by atoms with Gasteiger partial charge in [0.2, 0.25) is 5.91 Å².